The smallest absolute Gasteiger partial charge is 0.227 e. The van der Waals surface area contributed by atoms with Crippen molar-refractivity contribution in [2.75, 3.05) is 10.6 Å². The lowest BCUT2D eigenvalue weighted by atomic mass is 10.1. The van der Waals surface area contributed by atoms with Crippen LogP contribution in [0.5, 0.6) is 0 Å². The van der Waals surface area contributed by atoms with Crippen LogP contribution in [0.1, 0.15) is 11.1 Å². The van der Waals surface area contributed by atoms with E-state index < -0.39 is 0 Å². The number of aromatic nitrogens is 4. The van der Waals surface area contributed by atoms with Crippen molar-refractivity contribution in [1.82, 2.24) is 19.7 Å². The molecule has 2 heterocycles. The molecule has 6 nitrogen and oxygen atoms in total. The molecule has 0 bridgehead atoms. The largest absolute Gasteiger partial charge is 0.350 e. The number of nitrogens with one attached hydrogen (secondary N) is 2. The van der Waals surface area contributed by atoms with E-state index in [4.69, 9.17) is 0 Å². The molecular weight excluding hydrogens is 324 g/mol. The van der Waals surface area contributed by atoms with Gasteiger partial charge in [-0.2, -0.15) is 15.1 Å². The summed E-state index contributed by atoms with van der Waals surface area (Å²) >= 11 is 0. The molecule has 26 heavy (non-hydrogen) atoms. The van der Waals surface area contributed by atoms with Gasteiger partial charge in [-0.15, -0.1) is 0 Å². The van der Waals surface area contributed by atoms with E-state index in [-0.39, 0.29) is 0 Å². The Kier molecular flexibility index (Phi) is 4.23. The predicted octanol–water partition coefficient (Wildman–Crippen LogP) is 4.03. The molecule has 0 saturated carbocycles. The number of hydrogen-bond donors (Lipinski definition) is 2. The predicted molar refractivity (Wildman–Crippen MR) is 105 cm³/mol. The first-order valence-corrected chi connectivity index (χ1v) is 8.51. The van der Waals surface area contributed by atoms with Crippen molar-refractivity contribution in [3.63, 3.8) is 0 Å². The second-order valence-corrected chi connectivity index (χ2v) is 6.17. The molecule has 2 aromatic heterocycles. The molecule has 0 saturated heterocycles. The Labute approximate surface area is 151 Å². The van der Waals surface area contributed by atoms with Gasteiger partial charge in [0, 0.05) is 19.3 Å². The number of anilines is 3. The lowest BCUT2D eigenvalue weighted by Gasteiger charge is -2.11. The van der Waals surface area contributed by atoms with E-state index >= 15 is 0 Å². The third-order valence-corrected chi connectivity index (χ3v) is 4.33. The van der Waals surface area contributed by atoms with Gasteiger partial charge in [0.05, 0.1) is 11.6 Å². The number of hydrogen-bond acceptors (Lipinski definition) is 5. The Bertz CT molecular complexity index is 1040. The van der Waals surface area contributed by atoms with Gasteiger partial charge in [-0.3, -0.25) is 4.68 Å². The Balaban J connectivity index is 1.67. The van der Waals surface area contributed by atoms with Crippen LogP contribution < -0.4 is 10.6 Å². The fourth-order valence-electron chi connectivity index (χ4n) is 2.84. The second kappa shape index (κ2) is 6.84. The summed E-state index contributed by atoms with van der Waals surface area (Å²) in [4.78, 5) is 9.29. The summed E-state index contributed by atoms with van der Waals surface area (Å²) in [7, 11) is 1.88. The van der Waals surface area contributed by atoms with Crippen LogP contribution in [-0.4, -0.2) is 19.7 Å². The zero-order valence-electron chi connectivity index (χ0n) is 14.8. The zero-order valence-corrected chi connectivity index (χ0v) is 14.8. The van der Waals surface area contributed by atoms with Crippen LogP contribution in [0.2, 0.25) is 0 Å². The first-order valence-electron chi connectivity index (χ1n) is 8.51. The van der Waals surface area contributed by atoms with E-state index in [1.165, 1.54) is 11.1 Å². The van der Waals surface area contributed by atoms with Crippen LogP contribution in [0.4, 0.5) is 17.5 Å². The van der Waals surface area contributed by atoms with E-state index in [2.05, 4.69) is 44.8 Å². The molecular formula is C20H20N6. The molecule has 0 unspecified atom stereocenters. The average molecular weight is 344 g/mol. The molecule has 0 radical (unpaired) electrons. The molecule has 0 fully saturated rings. The summed E-state index contributed by atoms with van der Waals surface area (Å²) in [5, 5.41) is 11.9. The molecule has 2 N–H and O–H groups in total. The van der Waals surface area contributed by atoms with Crippen molar-refractivity contribution < 1.29 is 0 Å². The van der Waals surface area contributed by atoms with Crippen molar-refractivity contribution in [3.05, 3.63) is 71.9 Å². The van der Waals surface area contributed by atoms with E-state index in [0.717, 1.165) is 22.5 Å². The number of benzene rings is 2. The van der Waals surface area contributed by atoms with Gasteiger partial charge < -0.3 is 10.6 Å². The summed E-state index contributed by atoms with van der Waals surface area (Å²) in [5.74, 6) is 1.31. The summed E-state index contributed by atoms with van der Waals surface area (Å²) < 4.78 is 1.76. The molecule has 0 aliphatic carbocycles. The topological polar surface area (TPSA) is 67.7 Å². The van der Waals surface area contributed by atoms with E-state index in [9.17, 15) is 0 Å². The van der Waals surface area contributed by atoms with Gasteiger partial charge in [0.25, 0.3) is 0 Å². The lowest BCUT2D eigenvalue weighted by molar-refractivity contribution is 0.785. The zero-order chi connectivity index (χ0) is 17.9. The Hall–Kier alpha value is -3.41. The standard InChI is InChI=1S/C20H20N6/c1-14-8-6-7-9-15(14)12-21-20-24-18(23-16-10-4-3-5-11-16)17-13-22-26(2)19(17)25-20/h3-11,13H,12H2,1-2H3,(H2,21,23,24,25). The number of fused-ring (bicyclic) bond motifs is 1. The van der Waals surface area contributed by atoms with Gasteiger partial charge in [0.1, 0.15) is 5.82 Å². The molecule has 6 heteroatoms. The van der Waals surface area contributed by atoms with Gasteiger partial charge in [0.15, 0.2) is 5.65 Å². The normalized spacial score (nSPS) is 10.8. The van der Waals surface area contributed by atoms with E-state index in [0.29, 0.717) is 12.5 Å². The SMILES string of the molecule is Cc1ccccc1CNc1nc(Nc2ccccc2)c2cnn(C)c2n1. The highest BCUT2D eigenvalue weighted by Crippen LogP contribution is 2.25. The average Bonchev–Trinajstić information content (AvgIpc) is 3.03. The maximum Gasteiger partial charge on any atom is 0.227 e. The highest BCUT2D eigenvalue weighted by atomic mass is 15.3. The lowest BCUT2D eigenvalue weighted by Crippen LogP contribution is -2.07. The van der Waals surface area contributed by atoms with Crippen molar-refractivity contribution >= 4 is 28.5 Å². The van der Waals surface area contributed by atoms with Gasteiger partial charge in [-0.25, -0.2) is 0 Å². The Morgan fingerprint density at radius 2 is 1.73 bits per heavy atom. The first kappa shape index (κ1) is 16.1. The summed E-state index contributed by atoms with van der Waals surface area (Å²) in [5.41, 5.74) is 4.22. The van der Waals surface area contributed by atoms with Crippen molar-refractivity contribution in [3.8, 4) is 0 Å². The van der Waals surface area contributed by atoms with Crippen LogP contribution in [0.25, 0.3) is 11.0 Å². The van der Waals surface area contributed by atoms with Crippen LogP contribution in [0.15, 0.2) is 60.8 Å². The third kappa shape index (κ3) is 3.21. The summed E-state index contributed by atoms with van der Waals surface area (Å²) in [6, 6.07) is 18.3. The van der Waals surface area contributed by atoms with Gasteiger partial charge in [0.2, 0.25) is 5.95 Å². The number of nitrogens with zero attached hydrogens (tertiary/aromatic N) is 4. The molecule has 4 aromatic rings. The van der Waals surface area contributed by atoms with Crippen LogP contribution >= 0.6 is 0 Å². The Morgan fingerprint density at radius 1 is 0.962 bits per heavy atom. The molecule has 0 aliphatic rings. The maximum absolute atomic E-state index is 4.67. The summed E-state index contributed by atoms with van der Waals surface area (Å²) in [6.07, 6.45) is 1.78. The minimum Gasteiger partial charge on any atom is -0.350 e. The van der Waals surface area contributed by atoms with Crippen LogP contribution in [-0.2, 0) is 13.6 Å². The van der Waals surface area contributed by atoms with Crippen LogP contribution in [0.3, 0.4) is 0 Å². The Morgan fingerprint density at radius 3 is 2.54 bits per heavy atom. The van der Waals surface area contributed by atoms with E-state index in [1.54, 1.807) is 10.9 Å². The van der Waals surface area contributed by atoms with Crippen molar-refractivity contribution in [2.24, 2.45) is 7.05 Å². The molecule has 0 aliphatic heterocycles. The summed E-state index contributed by atoms with van der Waals surface area (Å²) in [6.45, 7) is 2.77. The molecule has 2 aromatic carbocycles. The van der Waals surface area contributed by atoms with Gasteiger partial charge >= 0.3 is 0 Å². The second-order valence-electron chi connectivity index (χ2n) is 6.17. The quantitative estimate of drug-likeness (QED) is 0.572. The minimum atomic E-state index is 0.572. The third-order valence-electron chi connectivity index (χ3n) is 4.33. The highest BCUT2D eigenvalue weighted by Gasteiger charge is 2.12. The number of aryl methyl sites for hydroxylation is 2. The highest BCUT2D eigenvalue weighted by molar-refractivity contribution is 5.89. The number of para-hydroxylation sites is 1. The van der Waals surface area contributed by atoms with Crippen molar-refractivity contribution in [2.45, 2.75) is 13.5 Å². The fourth-order valence-corrected chi connectivity index (χ4v) is 2.84. The molecule has 0 spiro atoms. The first-order chi connectivity index (χ1) is 12.7. The molecule has 130 valence electrons. The fraction of sp³-hybridized carbons (Fsp3) is 0.150. The molecule has 0 amide bonds. The monoisotopic (exact) mass is 344 g/mol. The van der Waals surface area contributed by atoms with E-state index in [1.807, 2.05) is 49.5 Å². The van der Waals surface area contributed by atoms with Crippen LogP contribution in [0, 0.1) is 6.92 Å². The molecule has 0 atom stereocenters. The molecule has 4 rings (SSSR count). The van der Waals surface area contributed by atoms with Gasteiger partial charge in [-0.05, 0) is 30.2 Å². The number of rotatable bonds is 5. The van der Waals surface area contributed by atoms with Crippen molar-refractivity contribution in [1.29, 1.82) is 0 Å². The minimum absolute atomic E-state index is 0.572. The van der Waals surface area contributed by atoms with Gasteiger partial charge in [-0.1, -0.05) is 42.5 Å². The maximum atomic E-state index is 4.67.